The number of rotatable bonds is 1. The van der Waals surface area contributed by atoms with Gasteiger partial charge in [-0.2, -0.15) is 0 Å². The van der Waals surface area contributed by atoms with Crippen LogP contribution in [0.5, 0.6) is 0 Å². The standard InChI is InChI=1S/C11H21NO2/c1-8-5-9(14-10(13)12-4)7-11(2,3)6-8/h8-9H,5-7H2,1-4H3,(H,12,13). The second-order valence-corrected chi connectivity index (χ2v) is 5.19. The van der Waals surface area contributed by atoms with Crippen molar-refractivity contribution in [2.75, 3.05) is 7.05 Å². The number of alkyl carbamates (subject to hydrolysis) is 1. The summed E-state index contributed by atoms with van der Waals surface area (Å²) in [5.41, 5.74) is 0.302. The van der Waals surface area contributed by atoms with Gasteiger partial charge in [0.2, 0.25) is 0 Å². The van der Waals surface area contributed by atoms with E-state index in [0.29, 0.717) is 11.3 Å². The molecule has 14 heavy (non-hydrogen) atoms. The molecule has 1 saturated carbocycles. The molecule has 2 unspecified atom stereocenters. The van der Waals surface area contributed by atoms with Gasteiger partial charge in [0.25, 0.3) is 0 Å². The maximum Gasteiger partial charge on any atom is 0.407 e. The van der Waals surface area contributed by atoms with Crippen LogP contribution in [0.1, 0.15) is 40.0 Å². The maximum atomic E-state index is 11.1. The van der Waals surface area contributed by atoms with Gasteiger partial charge in [0.15, 0.2) is 0 Å². The van der Waals surface area contributed by atoms with E-state index in [1.54, 1.807) is 7.05 Å². The summed E-state index contributed by atoms with van der Waals surface area (Å²) in [6, 6.07) is 0. The van der Waals surface area contributed by atoms with Crippen LogP contribution in [0, 0.1) is 11.3 Å². The molecule has 0 spiro atoms. The van der Waals surface area contributed by atoms with Crippen LogP contribution >= 0.6 is 0 Å². The van der Waals surface area contributed by atoms with Crippen LogP contribution in [-0.4, -0.2) is 19.2 Å². The van der Waals surface area contributed by atoms with Crippen LogP contribution in [0.2, 0.25) is 0 Å². The highest BCUT2D eigenvalue weighted by Crippen LogP contribution is 2.39. The molecule has 0 saturated heterocycles. The van der Waals surface area contributed by atoms with Gasteiger partial charge >= 0.3 is 6.09 Å². The van der Waals surface area contributed by atoms with E-state index in [2.05, 4.69) is 26.1 Å². The number of hydrogen-bond donors (Lipinski definition) is 1. The molecule has 1 N–H and O–H groups in total. The van der Waals surface area contributed by atoms with Gasteiger partial charge in [-0.05, 0) is 30.6 Å². The molecule has 1 amide bonds. The van der Waals surface area contributed by atoms with Gasteiger partial charge in [0.05, 0.1) is 0 Å². The summed E-state index contributed by atoms with van der Waals surface area (Å²) < 4.78 is 5.30. The van der Waals surface area contributed by atoms with Crippen molar-refractivity contribution in [1.29, 1.82) is 0 Å². The predicted octanol–water partition coefficient (Wildman–Crippen LogP) is 2.56. The highest BCUT2D eigenvalue weighted by atomic mass is 16.6. The Morgan fingerprint density at radius 2 is 2.07 bits per heavy atom. The van der Waals surface area contributed by atoms with Crippen molar-refractivity contribution in [2.24, 2.45) is 11.3 Å². The third-order valence-corrected chi connectivity index (χ3v) is 2.82. The van der Waals surface area contributed by atoms with Crippen LogP contribution in [0.3, 0.4) is 0 Å². The summed E-state index contributed by atoms with van der Waals surface area (Å²) in [6.45, 7) is 6.70. The highest BCUT2D eigenvalue weighted by Gasteiger charge is 2.33. The first-order valence-corrected chi connectivity index (χ1v) is 5.31. The minimum Gasteiger partial charge on any atom is -0.446 e. The first-order chi connectivity index (χ1) is 6.43. The first-order valence-electron chi connectivity index (χ1n) is 5.31. The van der Waals surface area contributed by atoms with Gasteiger partial charge in [0, 0.05) is 7.05 Å². The summed E-state index contributed by atoms with van der Waals surface area (Å²) in [5.74, 6) is 0.647. The quantitative estimate of drug-likeness (QED) is 0.704. The van der Waals surface area contributed by atoms with Crippen LogP contribution in [-0.2, 0) is 4.74 Å². The smallest absolute Gasteiger partial charge is 0.407 e. The van der Waals surface area contributed by atoms with E-state index in [1.807, 2.05) is 0 Å². The topological polar surface area (TPSA) is 38.3 Å². The largest absolute Gasteiger partial charge is 0.446 e. The highest BCUT2D eigenvalue weighted by molar-refractivity contribution is 5.66. The predicted molar refractivity (Wildman–Crippen MR) is 56.1 cm³/mol. The number of nitrogens with one attached hydrogen (secondary N) is 1. The SMILES string of the molecule is CNC(=O)OC1CC(C)CC(C)(C)C1. The molecule has 0 aromatic rings. The maximum absolute atomic E-state index is 11.1. The van der Waals surface area contributed by atoms with Crippen molar-refractivity contribution in [3.63, 3.8) is 0 Å². The Balaban J connectivity index is 2.50. The molecule has 0 heterocycles. The van der Waals surface area contributed by atoms with E-state index in [1.165, 1.54) is 6.42 Å². The zero-order valence-corrected chi connectivity index (χ0v) is 9.59. The van der Waals surface area contributed by atoms with Crippen molar-refractivity contribution in [3.8, 4) is 0 Å². The van der Waals surface area contributed by atoms with Gasteiger partial charge in [0.1, 0.15) is 6.10 Å². The fourth-order valence-corrected chi connectivity index (χ4v) is 2.56. The van der Waals surface area contributed by atoms with E-state index in [9.17, 15) is 4.79 Å². The molecule has 82 valence electrons. The van der Waals surface area contributed by atoms with Crippen LogP contribution in [0.4, 0.5) is 4.79 Å². The molecular formula is C11H21NO2. The number of hydrogen-bond acceptors (Lipinski definition) is 2. The van der Waals surface area contributed by atoms with E-state index >= 15 is 0 Å². The number of carbonyl (C=O) groups is 1. The zero-order chi connectivity index (χ0) is 10.8. The normalized spacial score (nSPS) is 30.9. The molecule has 0 aliphatic heterocycles. The molecule has 3 nitrogen and oxygen atoms in total. The van der Waals surface area contributed by atoms with Crippen molar-refractivity contribution in [2.45, 2.75) is 46.1 Å². The fourth-order valence-electron chi connectivity index (χ4n) is 2.56. The lowest BCUT2D eigenvalue weighted by atomic mass is 9.71. The summed E-state index contributed by atoms with van der Waals surface area (Å²) in [6.07, 6.45) is 2.98. The fraction of sp³-hybridized carbons (Fsp3) is 0.909. The van der Waals surface area contributed by atoms with Gasteiger partial charge in [-0.25, -0.2) is 4.79 Å². The Morgan fingerprint density at radius 3 is 2.57 bits per heavy atom. The van der Waals surface area contributed by atoms with Crippen molar-refractivity contribution in [1.82, 2.24) is 5.32 Å². The van der Waals surface area contributed by atoms with E-state index in [4.69, 9.17) is 4.74 Å². The summed E-state index contributed by atoms with van der Waals surface area (Å²) in [5, 5.41) is 2.49. The van der Waals surface area contributed by atoms with Crippen molar-refractivity contribution >= 4 is 6.09 Å². The van der Waals surface area contributed by atoms with Crippen LogP contribution in [0.25, 0.3) is 0 Å². The average molecular weight is 199 g/mol. The molecule has 0 bridgehead atoms. The number of ether oxygens (including phenoxy) is 1. The Kier molecular flexibility index (Phi) is 3.40. The second kappa shape index (κ2) is 4.20. The summed E-state index contributed by atoms with van der Waals surface area (Å²) in [4.78, 5) is 11.1. The lowest BCUT2D eigenvalue weighted by molar-refractivity contribution is 0.0196. The summed E-state index contributed by atoms with van der Waals surface area (Å²) in [7, 11) is 1.60. The van der Waals surface area contributed by atoms with Crippen molar-refractivity contribution < 1.29 is 9.53 Å². The Bertz CT molecular complexity index is 213. The lowest BCUT2D eigenvalue weighted by Gasteiger charge is -2.38. The summed E-state index contributed by atoms with van der Waals surface area (Å²) >= 11 is 0. The van der Waals surface area contributed by atoms with Crippen LogP contribution < -0.4 is 5.32 Å². The van der Waals surface area contributed by atoms with Gasteiger partial charge in [-0.3, -0.25) is 0 Å². The third-order valence-electron chi connectivity index (χ3n) is 2.82. The monoisotopic (exact) mass is 199 g/mol. The van der Waals surface area contributed by atoms with E-state index < -0.39 is 0 Å². The molecule has 1 rings (SSSR count). The minimum atomic E-state index is -0.306. The lowest BCUT2D eigenvalue weighted by Crippen LogP contribution is -2.36. The molecule has 0 aromatic carbocycles. The van der Waals surface area contributed by atoms with Gasteiger partial charge < -0.3 is 10.1 Å². The molecule has 1 fully saturated rings. The number of carbonyl (C=O) groups excluding carboxylic acids is 1. The van der Waals surface area contributed by atoms with Gasteiger partial charge in [-0.15, -0.1) is 0 Å². The van der Waals surface area contributed by atoms with Gasteiger partial charge in [-0.1, -0.05) is 20.8 Å². The Labute approximate surface area is 86.2 Å². The molecule has 0 radical (unpaired) electrons. The molecule has 1 aliphatic rings. The van der Waals surface area contributed by atoms with Crippen LogP contribution in [0.15, 0.2) is 0 Å². The van der Waals surface area contributed by atoms with E-state index in [-0.39, 0.29) is 12.2 Å². The molecule has 2 atom stereocenters. The third kappa shape index (κ3) is 3.20. The molecule has 3 heteroatoms. The average Bonchev–Trinajstić information content (AvgIpc) is 1.99. The second-order valence-electron chi connectivity index (χ2n) is 5.19. The minimum absolute atomic E-state index is 0.0914. The molecule has 1 aliphatic carbocycles. The Morgan fingerprint density at radius 1 is 1.43 bits per heavy atom. The Hall–Kier alpha value is -0.730. The van der Waals surface area contributed by atoms with Crippen molar-refractivity contribution in [3.05, 3.63) is 0 Å². The molecule has 0 aromatic heterocycles. The zero-order valence-electron chi connectivity index (χ0n) is 9.59. The molecular weight excluding hydrogens is 178 g/mol. The van der Waals surface area contributed by atoms with E-state index in [0.717, 1.165) is 12.8 Å². The first kappa shape index (κ1) is 11.3. The number of amides is 1.